The number of hydrogen-bond donors (Lipinski definition) is 2. The van der Waals surface area contributed by atoms with Gasteiger partial charge < -0.3 is 9.47 Å². The molecule has 27 heavy (non-hydrogen) atoms. The summed E-state index contributed by atoms with van der Waals surface area (Å²) in [5.41, 5.74) is 1.00. The predicted octanol–water partition coefficient (Wildman–Crippen LogP) is 3.70. The van der Waals surface area contributed by atoms with Crippen LogP contribution in [-0.4, -0.2) is 39.7 Å². The molecule has 0 atom stereocenters. The van der Waals surface area contributed by atoms with Crippen LogP contribution in [0.3, 0.4) is 0 Å². The smallest absolute Gasteiger partial charge is 0.272 e. The number of thiophene rings is 1. The van der Waals surface area contributed by atoms with Gasteiger partial charge in [0, 0.05) is 10.1 Å². The number of carbonyl (C=O) groups excluding carboxylic acids is 1. The van der Waals surface area contributed by atoms with Gasteiger partial charge in [-0.1, -0.05) is 11.5 Å². The molecule has 1 amide bonds. The molecule has 0 saturated heterocycles. The first-order valence-electron chi connectivity index (χ1n) is 8.98. The van der Waals surface area contributed by atoms with Gasteiger partial charge in [0.25, 0.3) is 11.9 Å². The lowest BCUT2D eigenvalue weighted by atomic mass is 9.98. The third-order valence-electron chi connectivity index (χ3n) is 4.77. The molecule has 0 spiro atoms. The zero-order valence-corrected chi connectivity index (χ0v) is 16.1. The average molecular weight is 387 g/mol. The van der Waals surface area contributed by atoms with Crippen molar-refractivity contribution in [1.29, 1.82) is 0 Å². The summed E-state index contributed by atoms with van der Waals surface area (Å²) < 4.78 is 12.7. The van der Waals surface area contributed by atoms with Crippen LogP contribution in [0.4, 0.5) is 5.95 Å². The molecule has 2 N–H and O–H groups in total. The second-order valence-corrected chi connectivity index (χ2v) is 7.70. The maximum Gasteiger partial charge on any atom is 0.272 e. The lowest BCUT2D eigenvalue weighted by Gasteiger charge is -2.23. The lowest BCUT2D eigenvalue weighted by Crippen LogP contribution is -2.21. The number of aryl methyl sites for hydroxylation is 1. The fourth-order valence-corrected chi connectivity index (χ4v) is 4.46. The number of methoxy groups -OCH3 is 1. The summed E-state index contributed by atoms with van der Waals surface area (Å²) in [5, 5.41) is 17.0. The number of ether oxygens (including phenoxy) is 2. The molecule has 4 rings (SSSR count). The Labute approximate surface area is 160 Å². The van der Waals surface area contributed by atoms with Crippen molar-refractivity contribution in [1.82, 2.24) is 20.6 Å². The van der Waals surface area contributed by atoms with Crippen molar-refractivity contribution in [2.75, 3.05) is 12.4 Å². The van der Waals surface area contributed by atoms with Crippen LogP contribution >= 0.6 is 11.3 Å². The number of fused-ring (bicyclic) bond motifs is 1. The van der Waals surface area contributed by atoms with Crippen molar-refractivity contribution in [3.8, 4) is 11.5 Å². The Morgan fingerprint density at radius 3 is 2.81 bits per heavy atom. The highest BCUT2D eigenvalue weighted by atomic mass is 32.1. The van der Waals surface area contributed by atoms with Gasteiger partial charge in [-0.05, 0) is 55.5 Å². The van der Waals surface area contributed by atoms with Gasteiger partial charge in [0.05, 0.1) is 13.2 Å². The number of carbonyl (C=O) groups is 1. The molecule has 8 nitrogen and oxygen atoms in total. The molecule has 1 aliphatic rings. The third kappa shape index (κ3) is 3.59. The van der Waals surface area contributed by atoms with Gasteiger partial charge in [0.15, 0.2) is 5.75 Å². The van der Waals surface area contributed by atoms with Crippen molar-refractivity contribution < 1.29 is 14.3 Å². The molecule has 0 unspecified atom stereocenters. The van der Waals surface area contributed by atoms with Gasteiger partial charge in [-0.25, -0.2) is 0 Å². The summed E-state index contributed by atoms with van der Waals surface area (Å²) in [4.78, 5) is 13.4. The van der Waals surface area contributed by atoms with Crippen molar-refractivity contribution >= 4 is 33.3 Å². The van der Waals surface area contributed by atoms with Crippen LogP contribution in [0.15, 0.2) is 12.1 Å². The maximum absolute atomic E-state index is 12.8. The SMILES string of the molecule is COc1cc2sc(C(=O)Nc3nn[nH]n3)c(OC3CCCCC3)c2cc1C. The maximum atomic E-state index is 12.8. The number of anilines is 1. The van der Waals surface area contributed by atoms with Crippen LogP contribution in [0.5, 0.6) is 11.5 Å². The number of H-pyrrole nitrogens is 1. The summed E-state index contributed by atoms with van der Waals surface area (Å²) in [6.07, 6.45) is 5.71. The number of amides is 1. The summed E-state index contributed by atoms with van der Waals surface area (Å²) >= 11 is 1.38. The predicted molar refractivity (Wildman–Crippen MR) is 103 cm³/mol. The highest BCUT2D eigenvalue weighted by molar-refractivity contribution is 7.21. The topological polar surface area (TPSA) is 102 Å². The molecule has 0 bridgehead atoms. The molecule has 1 saturated carbocycles. The van der Waals surface area contributed by atoms with E-state index in [-0.39, 0.29) is 18.0 Å². The van der Waals surface area contributed by atoms with E-state index in [1.165, 1.54) is 17.8 Å². The summed E-state index contributed by atoms with van der Waals surface area (Å²) in [5.74, 6) is 1.25. The van der Waals surface area contributed by atoms with Crippen molar-refractivity contribution in [2.45, 2.75) is 45.1 Å². The fourth-order valence-electron chi connectivity index (χ4n) is 3.42. The Balaban J connectivity index is 1.74. The second kappa shape index (κ2) is 7.51. The monoisotopic (exact) mass is 387 g/mol. The van der Waals surface area contributed by atoms with E-state index in [0.29, 0.717) is 10.6 Å². The Bertz CT molecular complexity index is 948. The number of rotatable bonds is 5. The van der Waals surface area contributed by atoms with E-state index in [2.05, 4.69) is 25.9 Å². The standard InChI is InChI=1S/C18H21N5O3S/c1-10-8-12-14(9-13(10)25-2)27-16(17(24)19-18-20-22-23-21-18)15(12)26-11-6-4-3-5-7-11/h8-9,11H,3-7H2,1-2H3,(H2,19,20,21,22,23,24). The third-order valence-corrected chi connectivity index (χ3v) is 5.91. The van der Waals surface area contributed by atoms with Gasteiger partial charge in [-0.2, -0.15) is 5.21 Å². The van der Waals surface area contributed by atoms with Crippen LogP contribution in [-0.2, 0) is 0 Å². The fraction of sp³-hybridized carbons (Fsp3) is 0.444. The molecule has 0 aliphatic heterocycles. The van der Waals surface area contributed by atoms with Crippen LogP contribution in [0.2, 0.25) is 0 Å². The second-order valence-electron chi connectivity index (χ2n) is 6.65. The van der Waals surface area contributed by atoms with Crippen molar-refractivity contribution in [3.05, 3.63) is 22.6 Å². The minimum Gasteiger partial charge on any atom is -0.496 e. The van der Waals surface area contributed by atoms with Crippen LogP contribution in [0.25, 0.3) is 10.1 Å². The molecular formula is C18H21N5O3S. The van der Waals surface area contributed by atoms with E-state index in [9.17, 15) is 4.79 Å². The minimum atomic E-state index is -0.306. The van der Waals surface area contributed by atoms with Crippen molar-refractivity contribution in [3.63, 3.8) is 0 Å². The number of aromatic amines is 1. The number of benzene rings is 1. The number of aromatic nitrogens is 4. The first-order chi connectivity index (χ1) is 13.2. The van der Waals surface area contributed by atoms with E-state index >= 15 is 0 Å². The van der Waals surface area contributed by atoms with E-state index < -0.39 is 0 Å². The van der Waals surface area contributed by atoms with Crippen molar-refractivity contribution in [2.24, 2.45) is 0 Å². The Morgan fingerprint density at radius 1 is 1.30 bits per heavy atom. The van der Waals surface area contributed by atoms with Gasteiger partial charge >= 0.3 is 0 Å². The largest absolute Gasteiger partial charge is 0.496 e. The first kappa shape index (κ1) is 17.7. The highest BCUT2D eigenvalue weighted by Crippen LogP contribution is 2.42. The zero-order chi connectivity index (χ0) is 18.8. The van der Waals surface area contributed by atoms with Crippen LogP contribution in [0, 0.1) is 6.92 Å². The Kier molecular flexibility index (Phi) is 4.93. The van der Waals surface area contributed by atoms with Crippen LogP contribution in [0.1, 0.15) is 47.3 Å². The summed E-state index contributed by atoms with van der Waals surface area (Å²) in [6.45, 7) is 1.99. The highest BCUT2D eigenvalue weighted by Gasteiger charge is 2.25. The number of hydrogen-bond acceptors (Lipinski definition) is 7. The molecule has 3 aromatic rings. The zero-order valence-electron chi connectivity index (χ0n) is 15.2. The van der Waals surface area contributed by atoms with Gasteiger partial charge in [-0.3, -0.25) is 10.1 Å². The molecule has 2 heterocycles. The summed E-state index contributed by atoms with van der Waals surface area (Å²) in [7, 11) is 1.64. The quantitative estimate of drug-likeness (QED) is 0.692. The minimum absolute atomic E-state index is 0.134. The average Bonchev–Trinajstić information content (AvgIpc) is 3.30. The first-order valence-corrected chi connectivity index (χ1v) is 9.80. The molecular weight excluding hydrogens is 366 g/mol. The molecule has 1 aliphatic carbocycles. The van der Waals surface area contributed by atoms with E-state index in [1.807, 2.05) is 19.1 Å². The molecule has 9 heteroatoms. The Hall–Kier alpha value is -2.68. The molecule has 142 valence electrons. The number of nitrogens with zero attached hydrogens (tertiary/aromatic N) is 3. The molecule has 1 aromatic carbocycles. The number of tetrazole rings is 1. The molecule has 2 aromatic heterocycles. The normalized spacial score (nSPS) is 15.0. The van der Waals surface area contributed by atoms with Crippen LogP contribution < -0.4 is 14.8 Å². The van der Waals surface area contributed by atoms with Gasteiger partial charge in [0.2, 0.25) is 0 Å². The molecule has 1 fully saturated rings. The number of nitrogens with one attached hydrogen (secondary N) is 2. The Morgan fingerprint density at radius 2 is 2.11 bits per heavy atom. The summed E-state index contributed by atoms with van der Waals surface area (Å²) in [6, 6.07) is 3.97. The van der Waals surface area contributed by atoms with Gasteiger partial charge in [0.1, 0.15) is 10.6 Å². The van der Waals surface area contributed by atoms with Gasteiger partial charge in [-0.15, -0.1) is 16.4 Å². The lowest BCUT2D eigenvalue weighted by molar-refractivity contribution is 0.101. The van der Waals surface area contributed by atoms with E-state index in [0.717, 1.165) is 47.1 Å². The van der Waals surface area contributed by atoms with E-state index in [1.54, 1.807) is 7.11 Å². The molecule has 0 radical (unpaired) electrons. The van der Waals surface area contributed by atoms with E-state index in [4.69, 9.17) is 9.47 Å².